The first-order valence-electron chi connectivity index (χ1n) is 5.54. The molecular weight excluding hydrogens is 220 g/mol. The molecule has 1 aliphatic rings. The lowest BCUT2D eigenvalue weighted by atomic mass is 10.2. The second kappa shape index (κ2) is 3.95. The van der Waals surface area contributed by atoms with Crippen molar-refractivity contribution in [2.24, 2.45) is 5.92 Å². The number of nitrogens with zero attached hydrogens (tertiary/aromatic N) is 2. The molecule has 1 heterocycles. The highest BCUT2D eigenvalue weighted by Gasteiger charge is 2.38. The van der Waals surface area contributed by atoms with E-state index in [4.69, 9.17) is 11.6 Å². The molecule has 0 amide bonds. The van der Waals surface area contributed by atoms with Gasteiger partial charge in [-0.2, -0.15) is 5.10 Å². The molecule has 2 unspecified atom stereocenters. The van der Waals surface area contributed by atoms with Crippen molar-refractivity contribution in [2.45, 2.75) is 12.3 Å². The van der Waals surface area contributed by atoms with Gasteiger partial charge in [-0.15, -0.1) is 11.6 Å². The lowest BCUT2D eigenvalue weighted by molar-refractivity contribution is 0.878. The Kier molecular flexibility index (Phi) is 2.44. The zero-order valence-electron chi connectivity index (χ0n) is 8.88. The van der Waals surface area contributed by atoms with Crippen LogP contribution in [0.2, 0.25) is 0 Å². The summed E-state index contributed by atoms with van der Waals surface area (Å²) in [4.78, 5) is 0. The van der Waals surface area contributed by atoms with Gasteiger partial charge < -0.3 is 0 Å². The van der Waals surface area contributed by atoms with E-state index in [1.54, 1.807) is 0 Å². The van der Waals surface area contributed by atoms with Crippen molar-refractivity contribution in [1.82, 2.24) is 9.78 Å². The standard InChI is InChI=1S/C13H13ClN2/c14-7-10-6-13(10)11-8-15-16(9-11)12-4-2-1-3-5-12/h1-5,8-10,13H,6-7H2. The fraction of sp³-hybridized carbons (Fsp3) is 0.308. The quantitative estimate of drug-likeness (QED) is 0.743. The van der Waals surface area contributed by atoms with E-state index in [1.165, 1.54) is 12.0 Å². The lowest BCUT2D eigenvalue weighted by Crippen LogP contribution is -1.92. The molecule has 2 nitrogen and oxygen atoms in total. The van der Waals surface area contributed by atoms with Crippen LogP contribution >= 0.6 is 11.6 Å². The predicted molar refractivity (Wildman–Crippen MR) is 65.1 cm³/mol. The molecule has 0 aliphatic heterocycles. The number of alkyl halides is 1. The molecule has 0 spiro atoms. The van der Waals surface area contributed by atoms with Gasteiger partial charge in [-0.25, -0.2) is 4.68 Å². The molecule has 82 valence electrons. The normalized spacial score (nSPS) is 23.3. The minimum Gasteiger partial charge on any atom is -0.241 e. The second-order valence-corrected chi connectivity index (χ2v) is 4.62. The average Bonchev–Trinajstić information content (AvgIpc) is 2.98. The van der Waals surface area contributed by atoms with Gasteiger partial charge in [0.1, 0.15) is 0 Å². The van der Waals surface area contributed by atoms with Crippen LogP contribution in [0.15, 0.2) is 42.7 Å². The Morgan fingerprint density at radius 1 is 1.31 bits per heavy atom. The number of rotatable bonds is 3. The van der Waals surface area contributed by atoms with Gasteiger partial charge in [0, 0.05) is 12.1 Å². The van der Waals surface area contributed by atoms with Crippen LogP contribution in [0.1, 0.15) is 17.9 Å². The maximum absolute atomic E-state index is 5.84. The van der Waals surface area contributed by atoms with Gasteiger partial charge in [-0.05, 0) is 36.0 Å². The lowest BCUT2D eigenvalue weighted by Gasteiger charge is -1.98. The van der Waals surface area contributed by atoms with Crippen LogP contribution in [0.25, 0.3) is 5.69 Å². The van der Waals surface area contributed by atoms with Gasteiger partial charge in [-0.1, -0.05) is 18.2 Å². The summed E-state index contributed by atoms with van der Waals surface area (Å²) in [5.74, 6) is 2.06. The van der Waals surface area contributed by atoms with E-state index in [9.17, 15) is 0 Å². The fourth-order valence-corrected chi connectivity index (χ4v) is 2.42. The molecule has 3 heteroatoms. The summed E-state index contributed by atoms with van der Waals surface area (Å²) >= 11 is 5.84. The molecule has 1 aromatic heterocycles. The molecule has 2 atom stereocenters. The summed E-state index contributed by atoms with van der Waals surface area (Å²) in [7, 11) is 0. The van der Waals surface area contributed by atoms with Crippen molar-refractivity contribution in [3.63, 3.8) is 0 Å². The van der Waals surface area contributed by atoms with Crippen LogP contribution in [0.5, 0.6) is 0 Å². The molecule has 0 N–H and O–H groups in total. The Hall–Kier alpha value is -1.28. The first kappa shape index (κ1) is 9.91. The highest BCUT2D eigenvalue weighted by Crippen LogP contribution is 2.47. The van der Waals surface area contributed by atoms with Gasteiger partial charge in [0.2, 0.25) is 0 Å². The molecule has 0 radical (unpaired) electrons. The van der Waals surface area contributed by atoms with Crippen LogP contribution in [0, 0.1) is 5.92 Å². The molecule has 1 aromatic carbocycles. The summed E-state index contributed by atoms with van der Waals surface area (Å²) in [6, 6.07) is 10.2. The number of para-hydroxylation sites is 1. The van der Waals surface area contributed by atoms with Crippen molar-refractivity contribution >= 4 is 11.6 Å². The monoisotopic (exact) mass is 232 g/mol. The molecule has 1 fully saturated rings. The van der Waals surface area contributed by atoms with Gasteiger partial charge in [0.05, 0.1) is 11.9 Å². The minimum absolute atomic E-state index is 0.634. The van der Waals surface area contributed by atoms with E-state index in [-0.39, 0.29) is 0 Å². The molecule has 16 heavy (non-hydrogen) atoms. The summed E-state index contributed by atoms with van der Waals surface area (Å²) in [5, 5.41) is 4.39. The maximum Gasteiger partial charge on any atom is 0.0645 e. The first-order valence-corrected chi connectivity index (χ1v) is 6.08. The van der Waals surface area contributed by atoms with Crippen molar-refractivity contribution in [1.29, 1.82) is 0 Å². The van der Waals surface area contributed by atoms with Crippen LogP contribution in [-0.2, 0) is 0 Å². The van der Waals surface area contributed by atoms with Crippen LogP contribution < -0.4 is 0 Å². The molecule has 0 saturated heterocycles. The summed E-state index contributed by atoms with van der Waals surface area (Å²) in [6.07, 6.45) is 5.29. The third-order valence-electron chi connectivity index (χ3n) is 3.17. The maximum atomic E-state index is 5.84. The molecule has 1 saturated carbocycles. The Labute approximate surface area is 99.9 Å². The van der Waals surface area contributed by atoms with Gasteiger partial charge >= 0.3 is 0 Å². The van der Waals surface area contributed by atoms with E-state index < -0.39 is 0 Å². The SMILES string of the molecule is ClCC1CC1c1cnn(-c2ccccc2)c1. The molecule has 2 aromatic rings. The highest BCUT2D eigenvalue weighted by atomic mass is 35.5. The predicted octanol–water partition coefficient (Wildman–Crippen LogP) is 3.21. The van der Waals surface area contributed by atoms with Crippen LogP contribution in [-0.4, -0.2) is 15.7 Å². The van der Waals surface area contributed by atoms with Gasteiger partial charge in [0.25, 0.3) is 0 Å². The van der Waals surface area contributed by atoms with Gasteiger partial charge in [0.15, 0.2) is 0 Å². The first-order chi connectivity index (χ1) is 7.88. The van der Waals surface area contributed by atoms with E-state index in [2.05, 4.69) is 23.4 Å². The minimum atomic E-state index is 0.634. The Morgan fingerprint density at radius 3 is 2.81 bits per heavy atom. The van der Waals surface area contributed by atoms with E-state index in [1.807, 2.05) is 29.1 Å². The topological polar surface area (TPSA) is 17.8 Å². The van der Waals surface area contributed by atoms with Gasteiger partial charge in [-0.3, -0.25) is 0 Å². The van der Waals surface area contributed by atoms with Crippen molar-refractivity contribution < 1.29 is 0 Å². The summed E-state index contributed by atoms with van der Waals surface area (Å²) in [6.45, 7) is 0. The van der Waals surface area contributed by atoms with E-state index in [0.29, 0.717) is 11.8 Å². The second-order valence-electron chi connectivity index (χ2n) is 4.31. The van der Waals surface area contributed by atoms with E-state index >= 15 is 0 Å². The summed E-state index contributed by atoms with van der Waals surface area (Å²) in [5.41, 5.74) is 2.42. The number of aromatic nitrogens is 2. The number of hydrogen-bond donors (Lipinski definition) is 0. The Morgan fingerprint density at radius 2 is 2.12 bits per heavy atom. The Balaban J connectivity index is 1.84. The van der Waals surface area contributed by atoms with Crippen LogP contribution in [0.3, 0.4) is 0 Å². The average molecular weight is 233 g/mol. The third-order valence-corrected chi connectivity index (χ3v) is 3.57. The summed E-state index contributed by atoms with van der Waals surface area (Å²) < 4.78 is 1.93. The highest BCUT2D eigenvalue weighted by molar-refractivity contribution is 6.18. The molecular formula is C13H13ClN2. The number of hydrogen-bond acceptors (Lipinski definition) is 1. The largest absolute Gasteiger partial charge is 0.241 e. The zero-order chi connectivity index (χ0) is 11.0. The molecule has 0 bridgehead atoms. The van der Waals surface area contributed by atoms with Crippen molar-refractivity contribution in [3.8, 4) is 5.69 Å². The zero-order valence-corrected chi connectivity index (χ0v) is 9.64. The van der Waals surface area contributed by atoms with E-state index in [0.717, 1.165) is 11.6 Å². The fourth-order valence-electron chi connectivity index (χ4n) is 2.08. The Bertz CT molecular complexity index is 478. The number of benzene rings is 1. The molecule has 1 aliphatic carbocycles. The van der Waals surface area contributed by atoms with Crippen molar-refractivity contribution in [2.75, 3.05) is 5.88 Å². The van der Waals surface area contributed by atoms with Crippen LogP contribution in [0.4, 0.5) is 0 Å². The smallest absolute Gasteiger partial charge is 0.0645 e. The van der Waals surface area contributed by atoms with Crippen molar-refractivity contribution in [3.05, 3.63) is 48.3 Å². The third kappa shape index (κ3) is 1.74. The molecule has 3 rings (SSSR count). The number of halogens is 1.